The van der Waals surface area contributed by atoms with Crippen LogP contribution in [-0.2, 0) is 0 Å². The van der Waals surface area contributed by atoms with E-state index in [9.17, 15) is 5.11 Å². The molecule has 1 N–H and O–H groups in total. The van der Waals surface area contributed by atoms with Crippen molar-refractivity contribution in [3.8, 4) is 0 Å². The van der Waals surface area contributed by atoms with Crippen LogP contribution in [0.25, 0.3) is 0 Å². The van der Waals surface area contributed by atoms with Gasteiger partial charge in [-0.25, -0.2) is 0 Å². The molecule has 0 aromatic rings. The van der Waals surface area contributed by atoms with Gasteiger partial charge in [0.15, 0.2) is 0 Å². The Morgan fingerprint density at radius 2 is 1.65 bits per heavy atom. The molecule has 1 saturated carbocycles. The molecule has 0 spiro atoms. The third kappa shape index (κ3) is 4.62. The topological polar surface area (TPSA) is 20.2 Å². The molecule has 102 valence electrons. The Kier molecular flexibility index (Phi) is 6.54. The van der Waals surface area contributed by atoms with E-state index in [1.807, 2.05) is 0 Å². The second-order valence-corrected chi connectivity index (χ2v) is 6.48. The number of aliphatic hydroxyl groups excluding tert-OH is 1. The van der Waals surface area contributed by atoms with Crippen molar-refractivity contribution < 1.29 is 5.11 Å². The van der Waals surface area contributed by atoms with Crippen LogP contribution in [0.3, 0.4) is 0 Å². The third-order valence-electron chi connectivity index (χ3n) is 4.63. The summed E-state index contributed by atoms with van der Waals surface area (Å²) >= 11 is 0. The lowest BCUT2D eigenvalue weighted by Gasteiger charge is -2.37. The van der Waals surface area contributed by atoms with Crippen LogP contribution in [0.4, 0.5) is 0 Å². The zero-order valence-corrected chi connectivity index (χ0v) is 12.3. The van der Waals surface area contributed by atoms with Crippen LogP contribution in [-0.4, -0.2) is 11.2 Å². The van der Waals surface area contributed by atoms with Crippen molar-refractivity contribution in [3.05, 3.63) is 0 Å². The molecule has 1 rings (SSSR count). The summed E-state index contributed by atoms with van der Waals surface area (Å²) in [5, 5.41) is 10.6. The first-order valence-electron chi connectivity index (χ1n) is 7.76. The van der Waals surface area contributed by atoms with Crippen LogP contribution >= 0.6 is 0 Å². The van der Waals surface area contributed by atoms with Gasteiger partial charge in [-0.05, 0) is 49.4 Å². The first-order valence-corrected chi connectivity index (χ1v) is 7.76. The summed E-state index contributed by atoms with van der Waals surface area (Å²) in [5.41, 5.74) is 0. The van der Waals surface area contributed by atoms with E-state index in [-0.39, 0.29) is 6.10 Å². The fourth-order valence-electron chi connectivity index (χ4n) is 3.76. The van der Waals surface area contributed by atoms with E-state index in [0.29, 0.717) is 11.8 Å². The van der Waals surface area contributed by atoms with Gasteiger partial charge in [0, 0.05) is 0 Å². The zero-order chi connectivity index (χ0) is 12.8. The molecule has 0 amide bonds. The van der Waals surface area contributed by atoms with Crippen molar-refractivity contribution >= 4 is 0 Å². The van der Waals surface area contributed by atoms with Gasteiger partial charge in [0.1, 0.15) is 0 Å². The molecule has 0 radical (unpaired) electrons. The Balaban J connectivity index is 2.50. The summed E-state index contributed by atoms with van der Waals surface area (Å²) in [6, 6.07) is 0. The summed E-state index contributed by atoms with van der Waals surface area (Å²) in [6.07, 6.45) is 8.68. The van der Waals surface area contributed by atoms with Crippen molar-refractivity contribution in [1.82, 2.24) is 0 Å². The molecule has 0 aromatic heterocycles. The highest BCUT2D eigenvalue weighted by Crippen LogP contribution is 2.37. The van der Waals surface area contributed by atoms with Crippen LogP contribution in [0.1, 0.15) is 72.6 Å². The van der Waals surface area contributed by atoms with E-state index in [1.165, 1.54) is 38.5 Å². The molecule has 0 aliphatic heterocycles. The Hall–Kier alpha value is -0.0400. The molecule has 1 aliphatic carbocycles. The standard InChI is InChI=1S/C16H32O/c1-5-7-8-14(6-2)16(17)15-10-12(3)9-13(4)11-15/h12-17H,5-11H2,1-4H3. The van der Waals surface area contributed by atoms with Gasteiger partial charge in [-0.1, -0.05) is 47.0 Å². The molecule has 1 nitrogen and oxygen atoms in total. The quantitative estimate of drug-likeness (QED) is 0.717. The van der Waals surface area contributed by atoms with Crippen LogP contribution in [0, 0.1) is 23.7 Å². The highest BCUT2D eigenvalue weighted by atomic mass is 16.3. The normalized spacial score (nSPS) is 33.4. The maximum absolute atomic E-state index is 10.6. The number of hydrogen-bond donors (Lipinski definition) is 1. The maximum Gasteiger partial charge on any atom is 0.0596 e. The van der Waals surface area contributed by atoms with Crippen molar-refractivity contribution in [2.24, 2.45) is 23.7 Å². The molecule has 17 heavy (non-hydrogen) atoms. The second kappa shape index (κ2) is 7.41. The minimum absolute atomic E-state index is 0.0447. The summed E-state index contributed by atoms with van der Waals surface area (Å²) in [4.78, 5) is 0. The van der Waals surface area contributed by atoms with E-state index in [1.54, 1.807) is 0 Å². The lowest BCUT2D eigenvalue weighted by molar-refractivity contribution is 0.00800. The molecule has 0 saturated heterocycles. The highest BCUT2D eigenvalue weighted by molar-refractivity contribution is 4.83. The summed E-state index contributed by atoms with van der Waals surface area (Å²) < 4.78 is 0. The van der Waals surface area contributed by atoms with Crippen LogP contribution in [0.5, 0.6) is 0 Å². The van der Waals surface area contributed by atoms with Crippen molar-refractivity contribution in [3.63, 3.8) is 0 Å². The smallest absolute Gasteiger partial charge is 0.0596 e. The number of hydrogen-bond acceptors (Lipinski definition) is 1. The van der Waals surface area contributed by atoms with E-state index in [4.69, 9.17) is 0 Å². The van der Waals surface area contributed by atoms with Gasteiger partial charge in [-0.3, -0.25) is 0 Å². The molecular formula is C16H32O. The van der Waals surface area contributed by atoms with Gasteiger partial charge in [-0.15, -0.1) is 0 Å². The SMILES string of the molecule is CCCCC(CC)C(O)C1CC(C)CC(C)C1. The van der Waals surface area contributed by atoms with Crippen molar-refractivity contribution in [1.29, 1.82) is 0 Å². The van der Waals surface area contributed by atoms with Gasteiger partial charge in [0.25, 0.3) is 0 Å². The van der Waals surface area contributed by atoms with Crippen LogP contribution in [0.15, 0.2) is 0 Å². The molecule has 4 atom stereocenters. The Bertz CT molecular complexity index is 192. The summed E-state index contributed by atoms with van der Waals surface area (Å²) in [5.74, 6) is 2.72. The summed E-state index contributed by atoms with van der Waals surface area (Å²) in [7, 11) is 0. The number of rotatable bonds is 6. The number of unbranched alkanes of at least 4 members (excludes halogenated alkanes) is 1. The molecule has 0 bridgehead atoms. The fraction of sp³-hybridized carbons (Fsp3) is 1.00. The van der Waals surface area contributed by atoms with E-state index < -0.39 is 0 Å². The van der Waals surface area contributed by atoms with E-state index >= 15 is 0 Å². The maximum atomic E-state index is 10.6. The van der Waals surface area contributed by atoms with Gasteiger partial charge < -0.3 is 5.11 Å². The number of aliphatic hydroxyl groups is 1. The Labute approximate surface area is 108 Å². The van der Waals surface area contributed by atoms with Crippen LogP contribution < -0.4 is 0 Å². The third-order valence-corrected chi connectivity index (χ3v) is 4.63. The second-order valence-electron chi connectivity index (χ2n) is 6.48. The molecular weight excluding hydrogens is 208 g/mol. The lowest BCUT2D eigenvalue weighted by Crippen LogP contribution is -2.34. The predicted octanol–water partition coefficient (Wildman–Crippen LogP) is 4.64. The van der Waals surface area contributed by atoms with E-state index in [0.717, 1.165) is 18.3 Å². The molecule has 4 unspecified atom stereocenters. The average Bonchev–Trinajstić information content (AvgIpc) is 2.28. The van der Waals surface area contributed by atoms with Gasteiger partial charge in [0.05, 0.1) is 6.10 Å². The minimum Gasteiger partial charge on any atom is -0.393 e. The molecule has 0 heterocycles. The van der Waals surface area contributed by atoms with E-state index in [2.05, 4.69) is 27.7 Å². The minimum atomic E-state index is -0.0447. The van der Waals surface area contributed by atoms with Gasteiger partial charge >= 0.3 is 0 Å². The first-order chi connectivity index (χ1) is 8.08. The molecule has 0 aromatic carbocycles. The molecule has 1 aliphatic rings. The lowest BCUT2D eigenvalue weighted by atomic mass is 9.71. The molecule has 1 heteroatoms. The first kappa shape index (κ1) is 15.0. The Morgan fingerprint density at radius 1 is 1.06 bits per heavy atom. The summed E-state index contributed by atoms with van der Waals surface area (Å²) in [6.45, 7) is 9.17. The predicted molar refractivity (Wildman–Crippen MR) is 75.0 cm³/mol. The van der Waals surface area contributed by atoms with Crippen LogP contribution in [0.2, 0.25) is 0 Å². The highest BCUT2D eigenvalue weighted by Gasteiger charge is 2.32. The Morgan fingerprint density at radius 3 is 2.12 bits per heavy atom. The van der Waals surface area contributed by atoms with Gasteiger partial charge in [-0.2, -0.15) is 0 Å². The zero-order valence-electron chi connectivity index (χ0n) is 12.3. The van der Waals surface area contributed by atoms with Crippen molar-refractivity contribution in [2.75, 3.05) is 0 Å². The average molecular weight is 240 g/mol. The van der Waals surface area contributed by atoms with Crippen molar-refractivity contribution in [2.45, 2.75) is 78.7 Å². The van der Waals surface area contributed by atoms with Gasteiger partial charge in [0.2, 0.25) is 0 Å². The monoisotopic (exact) mass is 240 g/mol. The fourth-order valence-corrected chi connectivity index (χ4v) is 3.76. The molecule has 1 fully saturated rings. The largest absolute Gasteiger partial charge is 0.393 e.